The zero-order chi connectivity index (χ0) is 13.8. The number of benzene rings is 1. The summed E-state index contributed by atoms with van der Waals surface area (Å²) in [5.41, 5.74) is 8.37. The highest BCUT2D eigenvalue weighted by Gasteiger charge is 2.04. The number of aromatic nitrogens is 2. The van der Waals surface area contributed by atoms with Crippen LogP contribution in [0.25, 0.3) is 0 Å². The van der Waals surface area contributed by atoms with Crippen LogP contribution in [0, 0.1) is 6.92 Å². The quantitative estimate of drug-likeness (QED) is 0.888. The molecular formula is C15H19N3O. The monoisotopic (exact) mass is 257 g/mol. The summed E-state index contributed by atoms with van der Waals surface area (Å²) in [6, 6.07) is 7.98. The number of imidazole rings is 1. The normalized spacial score (nSPS) is 10.6. The number of nitrogens with zero attached hydrogens (tertiary/aromatic N) is 2. The molecule has 1 amide bonds. The number of hydrogen-bond acceptors (Lipinski definition) is 2. The number of aryl methyl sites for hydroxylation is 2. The van der Waals surface area contributed by atoms with Crippen molar-refractivity contribution < 1.29 is 4.79 Å². The van der Waals surface area contributed by atoms with Gasteiger partial charge in [-0.1, -0.05) is 31.2 Å². The zero-order valence-corrected chi connectivity index (χ0v) is 11.4. The zero-order valence-electron chi connectivity index (χ0n) is 11.4. The van der Waals surface area contributed by atoms with Gasteiger partial charge in [0.2, 0.25) is 5.91 Å². The van der Waals surface area contributed by atoms with Crippen LogP contribution in [0.1, 0.15) is 29.6 Å². The van der Waals surface area contributed by atoms with Gasteiger partial charge in [-0.05, 0) is 18.1 Å². The van der Waals surface area contributed by atoms with E-state index in [4.69, 9.17) is 5.73 Å². The number of nitrogens with two attached hydrogens (primary N) is 1. The van der Waals surface area contributed by atoms with Crippen LogP contribution in [0.2, 0.25) is 0 Å². The van der Waals surface area contributed by atoms with E-state index in [-0.39, 0.29) is 5.91 Å². The van der Waals surface area contributed by atoms with Crippen LogP contribution in [0.5, 0.6) is 0 Å². The number of hydrogen-bond donors (Lipinski definition) is 1. The summed E-state index contributed by atoms with van der Waals surface area (Å²) in [6.45, 7) is 4.92. The molecule has 0 atom stereocenters. The Morgan fingerprint density at radius 2 is 1.89 bits per heavy atom. The predicted octanol–water partition coefficient (Wildman–Crippen LogP) is 1.83. The maximum absolute atomic E-state index is 10.8. The van der Waals surface area contributed by atoms with Crippen molar-refractivity contribution in [3.05, 3.63) is 53.1 Å². The molecule has 0 saturated carbocycles. The van der Waals surface area contributed by atoms with Crippen LogP contribution in [0.4, 0.5) is 0 Å². The standard InChI is InChI=1S/C15H19N3O/c1-3-15-17-11(2)9-18(15)10-13-6-4-12(5-7-13)8-14(16)19/h4-7,9H,3,8,10H2,1-2H3,(H2,16,19). The smallest absolute Gasteiger partial charge is 0.221 e. The summed E-state index contributed by atoms with van der Waals surface area (Å²) in [7, 11) is 0. The topological polar surface area (TPSA) is 60.9 Å². The van der Waals surface area contributed by atoms with Crippen LogP contribution in [0.3, 0.4) is 0 Å². The van der Waals surface area contributed by atoms with Gasteiger partial charge < -0.3 is 10.3 Å². The van der Waals surface area contributed by atoms with E-state index in [2.05, 4.69) is 22.7 Å². The van der Waals surface area contributed by atoms with E-state index >= 15 is 0 Å². The average Bonchev–Trinajstić information content (AvgIpc) is 2.71. The van der Waals surface area contributed by atoms with Crippen LogP contribution >= 0.6 is 0 Å². The first-order valence-electron chi connectivity index (χ1n) is 6.47. The van der Waals surface area contributed by atoms with E-state index < -0.39 is 0 Å². The highest BCUT2D eigenvalue weighted by Crippen LogP contribution is 2.10. The molecule has 1 aromatic carbocycles. The molecule has 0 aliphatic rings. The van der Waals surface area contributed by atoms with E-state index in [0.717, 1.165) is 30.0 Å². The second-order valence-corrected chi connectivity index (χ2v) is 4.74. The van der Waals surface area contributed by atoms with Gasteiger partial charge in [0.25, 0.3) is 0 Å². The van der Waals surface area contributed by atoms with Crippen molar-refractivity contribution in [1.82, 2.24) is 9.55 Å². The first kappa shape index (κ1) is 13.3. The third-order valence-electron chi connectivity index (χ3n) is 3.05. The first-order valence-corrected chi connectivity index (χ1v) is 6.47. The fourth-order valence-corrected chi connectivity index (χ4v) is 2.18. The lowest BCUT2D eigenvalue weighted by Gasteiger charge is -2.07. The Morgan fingerprint density at radius 1 is 1.26 bits per heavy atom. The van der Waals surface area contributed by atoms with Crippen LogP contribution in [-0.4, -0.2) is 15.5 Å². The molecule has 0 aliphatic carbocycles. The molecule has 0 saturated heterocycles. The Kier molecular flexibility index (Phi) is 4.00. The molecule has 1 heterocycles. The molecule has 0 fully saturated rings. The molecule has 4 nitrogen and oxygen atoms in total. The fourth-order valence-electron chi connectivity index (χ4n) is 2.18. The summed E-state index contributed by atoms with van der Waals surface area (Å²) < 4.78 is 2.17. The SMILES string of the molecule is CCc1nc(C)cn1Cc1ccc(CC(N)=O)cc1. The van der Waals surface area contributed by atoms with Crippen molar-refractivity contribution in [2.75, 3.05) is 0 Å². The minimum absolute atomic E-state index is 0.296. The van der Waals surface area contributed by atoms with E-state index in [1.165, 1.54) is 5.56 Å². The summed E-state index contributed by atoms with van der Waals surface area (Å²) in [6.07, 6.45) is 3.29. The van der Waals surface area contributed by atoms with Crippen molar-refractivity contribution in [2.24, 2.45) is 5.73 Å². The second-order valence-electron chi connectivity index (χ2n) is 4.74. The molecule has 0 unspecified atom stereocenters. The van der Waals surface area contributed by atoms with E-state index in [1.807, 2.05) is 31.2 Å². The van der Waals surface area contributed by atoms with Gasteiger partial charge in [0, 0.05) is 19.2 Å². The number of primary amides is 1. The van der Waals surface area contributed by atoms with Crippen LogP contribution in [-0.2, 0) is 24.2 Å². The second kappa shape index (κ2) is 5.69. The molecule has 19 heavy (non-hydrogen) atoms. The van der Waals surface area contributed by atoms with E-state index in [1.54, 1.807) is 0 Å². The van der Waals surface area contributed by atoms with Crippen LogP contribution < -0.4 is 5.73 Å². The first-order chi connectivity index (χ1) is 9.08. The molecular weight excluding hydrogens is 238 g/mol. The van der Waals surface area contributed by atoms with Crippen LogP contribution in [0.15, 0.2) is 30.5 Å². The molecule has 1 aromatic heterocycles. The molecule has 0 bridgehead atoms. The van der Waals surface area contributed by atoms with E-state index in [0.29, 0.717) is 6.42 Å². The van der Waals surface area contributed by atoms with Gasteiger partial charge in [0.1, 0.15) is 5.82 Å². The Labute approximate surface area is 113 Å². The average molecular weight is 257 g/mol. The fraction of sp³-hybridized carbons (Fsp3) is 0.333. The summed E-state index contributed by atoms with van der Waals surface area (Å²) in [4.78, 5) is 15.3. The largest absolute Gasteiger partial charge is 0.369 e. The highest BCUT2D eigenvalue weighted by molar-refractivity contribution is 5.76. The predicted molar refractivity (Wildman–Crippen MR) is 74.8 cm³/mol. The van der Waals surface area contributed by atoms with Gasteiger partial charge in [-0.2, -0.15) is 0 Å². The lowest BCUT2D eigenvalue weighted by Crippen LogP contribution is -2.13. The van der Waals surface area contributed by atoms with Crippen molar-refractivity contribution >= 4 is 5.91 Å². The molecule has 0 aliphatic heterocycles. The summed E-state index contributed by atoms with van der Waals surface area (Å²) >= 11 is 0. The Morgan fingerprint density at radius 3 is 2.47 bits per heavy atom. The van der Waals surface area contributed by atoms with E-state index in [9.17, 15) is 4.79 Å². The van der Waals surface area contributed by atoms with Crippen molar-refractivity contribution in [3.63, 3.8) is 0 Å². The van der Waals surface area contributed by atoms with Gasteiger partial charge in [-0.15, -0.1) is 0 Å². The van der Waals surface area contributed by atoms with Gasteiger partial charge in [-0.25, -0.2) is 4.98 Å². The number of amides is 1. The Balaban J connectivity index is 2.12. The number of rotatable bonds is 5. The van der Waals surface area contributed by atoms with Gasteiger partial charge in [-0.3, -0.25) is 4.79 Å². The van der Waals surface area contributed by atoms with Gasteiger partial charge >= 0.3 is 0 Å². The van der Waals surface area contributed by atoms with Crippen molar-refractivity contribution in [2.45, 2.75) is 33.2 Å². The molecule has 4 heteroatoms. The number of carbonyl (C=O) groups is 1. The maximum atomic E-state index is 10.8. The lowest BCUT2D eigenvalue weighted by atomic mass is 10.1. The number of carbonyl (C=O) groups excluding carboxylic acids is 1. The summed E-state index contributed by atoms with van der Waals surface area (Å²) in [5.74, 6) is 0.796. The van der Waals surface area contributed by atoms with Crippen molar-refractivity contribution in [1.29, 1.82) is 0 Å². The molecule has 2 rings (SSSR count). The molecule has 0 spiro atoms. The van der Waals surface area contributed by atoms with Gasteiger partial charge in [0.15, 0.2) is 0 Å². The third kappa shape index (κ3) is 3.44. The minimum Gasteiger partial charge on any atom is -0.369 e. The minimum atomic E-state index is -0.300. The summed E-state index contributed by atoms with van der Waals surface area (Å²) in [5, 5.41) is 0. The lowest BCUT2D eigenvalue weighted by molar-refractivity contribution is -0.117. The molecule has 2 aromatic rings. The maximum Gasteiger partial charge on any atom is 0.221 e. The highest BCUT2D eigenvalue weighted by atomic mass is 16.1. The molecule has 2 N–H and O–H groups in total. The Bertz CT molecular complexity index is 570. The van der Waals surface area contributed by atoms with Gasteiger partial charge in [0.05, 0.1) is 12.1 Å². The molecule has 0 radical (unpaired) electrons. The molecule has 100 valence electrons. The Hall–Kier alpha value is -2.10. The third-order valence-corrected chi connectivity index (χ3v) is 3.05. The van der Waals surface area contributed by atoms with Crippen molar-refractivity contribution in [3.8, 4) is 0 Å².